The highest BCUT2D eigenvalue weighted by Crippen LogP contribution is 2.49. The van der Waals surface area contributed by atoms with Gasteiger partial charge in [0, 0.05) is 18.3 Å². The van der Waals surface area contributed by atoms with E-state index in [1.54, 1.807) is 0 Å². The molecule has 1 saturated heterocycles. The second-order valence-electron chi connectivity index (χ2n) is 6.43. The van der Waals surface area contributed by atoms with Gasteiger partial charge < -0.3 is 9.47 Å². The summed E-state index contributed by atoms with van der Waals surface area (Å²) in [5, 5.41) is 0. The normalized spacial score (nSPS) is 43.1. The molecule has 0 aromatic carbocycles. The quantitative estimate of drug-likeness (QED) is 0.419. The van der Waals surface area contributed by atoms with E-state index in [4.69, 9.17) is 9.47 Å². The molecule has 0 unspecified atom stereocenters. The first-order chi connectivity index (χ1) is 10.3. The van der Waals surface area contributed by atoms with Gasteiger partial charge in [0.2, 0.25) is 0 Å². The fourth-order valence-corrected chi connectivity index (χ4v) is 3.77. The minimum atomic E-state index is -0.0212. The molecule has 2 fully saturated rings. The predicted octanol–water partition coefficient (Wildman–Crippen LogP) is 3.79. The Morgan fingerprint density at radius 3 is 3.00 bits per heavy atom. The summed E-state index contributed by atoms with van der Waals surface area (Å²) in [6.45, 7) is 2.12. The highest BCUT2D eigenvalue weighted by atomic mass is 16.6. The van der Waals surface area contributed by atoms with Gasteiger partial charge in [0.1, 0.15) is 6.10 Å². The summed E-state index contributed by atoms with van der Waals surface area (Å²) in [6, 6.07) is 0. The summed E-state index contributed by atoms with van der Waals surface area (Å²) in [5.74, 6) is 0.835. The number of ether oxygens (including phenoxy) is 2. The van der Waals surface area contributed by atoms with Crippen molar-refractivity contribution in [3.8, 4) is 0 Å². The second kappa shape index (κ2) is 6.78. The van der Waals surface area contributed by atoms with Crippen LogP contribution in [0.25, 0.3) is 0 Å². The number of rotatable bonds is 1. The standard InChI is InChI=1S/C18H26O3/c1-2-15-14-12-16-18(21-16)13(14)10-8-6-4-3-5-7-9-11-17(19)20-15/h3-4,8,10,13-16,18H,2,5-7,9,11-12H2,1H3/b4-3-,10-8-/t13-,14-,15+,16+,18-/m1/s1. The zero-order chi connectivity index (χ0) is 14.7. The number of carbonyl (C=O) groups excluding carboxylic acids is 1. The average Bonchev–Trinajstić information content (AvgIpc) is 3.16. The Labute approximate surface area is 127 Å². The summed E-state index contributed by atoms with van der Waals surface area (Å²) in [7, 11) is 0. The van der Waals surface area contributed by atoms with E-state index in [0.717, 1.165) is 38.5 Å². The summed E-state index contributed by atoms with van der Waals surface area (Å²) in [6.07, 6.45) is 16.4. The molecule has 5 atom stereocenters. The lowest BCUT2D eigenvalue weighted by atomic mass is 9.87. The maximum Gasteiger partial charge on any atom is 0.306 e. The van der Waals surface area contributed by atoms with E-state index in [1.165, 1.54) is 0 Å². The van der Waals surface area contributed by atoms with Crippen molar-refractivity contribution in [3.63, 3.8) is 0 Å². The maximum absolute atomic E-state index is 12.0. The zero-order valence-electron chi connectivity index (χ0n) is 12.9. The van der Waals surface area contributed by atoms with Crippen LogP contribution in [0, 0.1) is 11.8 Å². The zero-order valence-corrected chi connectivity index (χ0v) is 12.9. The lowest BCUT2D eigenvalue weighted by Crippen LogP contribution is -2.31. The number of epoxide rings is 1. The molecule has 0 N–H and O–H groups in total. The molecular formula is C18H26O3. The van der Waals surface area contributed by atoms with Crippen molar-refractivity contribution in [2.75, 3.05) is 0 Å². The molecule has 0 bridgehead atoms. The molecule has 1 saturated carbocycles. The average molecular weight is 290 g/mol. The van der Waals surface area contributed by atoms with Crippen LogP contribution in [0.4, 0.5) is 0 Å². The number of allylic oxidation sites excluding steroid dienone is 3. The number of hydrogen-bond donors (Lipinski definition) is 0. The maximum atomic E-state index is 12.0. The molecule has 116 valence electrons. The Kier molecular flexibility index (Phi) is 4.79. The number of fused-ring (bicyclic) bond motifs is 3. The number of esters is 1. The van der Waals surface area contributed by atoms with E-state index in [-0.39, 0.29) is 12.1 Å². The predicted molar refractivity (Wildman–Crippen MR) is 81.8 cm³/mol. The fraction of sp³-hybridized carbons (Fsp3) is 0.722. The second-order valence-corrected chi connectivity index (χ2v) is 6.43. The van der Waals surface area contributed by atoms with Gasteiger partial charge in [-0.15, -0.1) is 0 Å². The Morgan fingerprint density at radius 2 is 2.14 bits per heavy atom. The van der Waals surface area contributed by atoms with Crippen molar-refractivity contribution in [1.82, 2.24) is 0 Å². The van der Waals surface area contributed by atoms with Gasteiger partial charge in [0.15, 0.2) is 0 Å². The summed E-state index contributed by atoms with van der Waals surface area (Å²) >= 11 is 0. The smallest absolute Gasteiger partial charge is 0.306 e. The van der Waals surface area contributed by atoms with E-state index in [2.05, 4.69) is 31.2 Å². The van der Waals surface area contributed by atoms with Gasteiger partial charge in [-0.2, -0.15) is 0 Å². The van der Waals surface area contributed by atoms with Gasteiger partial charge in [-0.05, 0) is 38.5 Å². The third-order valence-corrected chi connectivity index (χ3v) is 4.96. The highest BCUT2D eigenvalue weighted by molar-refractivity contribution is 5.69. The van der Waals surface area contributed by atoms with Crippen LogP contribution in [0.1, 0.15) is 51.9 Å². The Morgan fingerprint density at radius 1 is 1.24 bits per heavy atom. The minimum absolute atomic E-state index is 0.0212. The lowest BCUT2D eigenvalue weighted by Gasteiger charge is -2.28. The molecule has 2 heterocycles. The summed E-state index contributed by atoms with van der Waals surface area (Å²) < 4.78 is 11.5. The van der Waals surface area contributed by atoms with E-state index in [0.29, 0.717) is 30.5 Å². The summed E-state index contributed by atoms with van der Waals surface area (Å²) in [4.78, 5) is 12.0. The molecule has 3 rings (SSSR count). The van der Waals surface area contributed by atoms with Crippen molar-refractivity contribution in [2.45, 2.75) is 70.2 Å². The molecule has 0 aromatic rings. The number of cyclic esters (lactones) is 1. The summed E-state index contributed by atoms with van der Waals surface area (Å²) in [5.41, 5.74) is 0. The van der Waals surface area contributed by atoms with Gasteiger partial charge in [-0.1, -0.05) is 31.2 Å². The Balaban J connectivity index is 1.72. The molecule has 3 heteroatoms. The first kappa shape index (κ1) is 14.8. The fourth-order valence-electron chi connectivity index (χ4n) is 3.77. The van der Waals surface area contributed by atoms with Crippen molar-refractivity contribution >= 4 is 5.97 Å². The van der Waals surface area contributed by atoms with Crippen molar-refractivity contribution in [2.24, 2.45) is 11.8 Å². The third kappa shape index (κ3) is 3.57. The first-order valence-electron chi connectivity index (χ1n) is 8.46. The topological polar surface area (TPSA) is 38.8 Å². The van der Waals surface area contributed by atoms with E-state index >= 15 is 0 Å². The SMILES string of the molecule is CC[C@@H]1OC(=O)CCCC/C=C\C/C=C\[C@@H]2[C@H]1C[C@@H]1O[C@H]21. The number of hydrogen-bond acceptors (Lipinski definition) is 3. The lowest BCUT2D eigenvalue weighted by molar-refractivity contribution is -0.153. The van der Waals surface area contributed by atoms with Gasteiger partial charge in [-0.3, -0.25) is 4.79 Å². The van der Waals surface area contributed by atoms with E-state index in [9.17, 15) is 4.79 Å². The monoisotopic (exact) mass is 290 g/mol. The molecule has 0 spiro atoms. The highest BCUT2D eigenvalue weighted by Gasteiger charge is 2.56. The number of carbonyl (C=O) groups is 1. The van der Waals surface area contributed by atoms with Crippen LogP contribution in [0.15, 0.2) is 24.3 Å². The van der Waals surface area contributed by atoms with Crippen molar-refractivity contribution < 1.29 is 14.3 Å². The van der Waals surface area contributed by atoms with Crippen LogP contribution in [0.5, 0.6) is 0 Å². The molecular weight excluding hydrogens is 264 g/mol. The Hall–Kier alpha value is -1.09. The van der Waals surface area contributed by atoms with Crippen LogP contribution in [0.3, 0.4) is 0 Å². The van der Waals surface area contributed by atoms with Gasteiger partial charge >= 0.3 is 5.97 Å². The molecule has 0 radical (unpaired) electrons. The third-order valence-electron chi connectivity index (χ3n) is 4.96. The molecule has 1 aliphatic carbocycles. The van der Waals surface area contributed by atoms with Crippen LogP contribution in [-0.4, -0.2) is 24.3 Å². The van der Waals surface area contributed by atoms with Crippen LogP contribution < -0.4 is 0 Å². The van der Waals surface area contributed by atoms with E-state index < -0.39 is 0 Å². The van der Waals surface area contributed by atoms with Gasteiger partial charge in [-0.25, -0.2) is 0 Å². The Bertz CT molecular complexity index is 426. The van der Waals surface area contributed by atoms with Crippen molar-refractivity contribution in [1.29, 1.82) is 0 Å². The van der Waals surface area contributed by atoms with Gasteiger partial charge in [0.25, 0.3) is 0 Å². The van der Waals surface area contributed by atoms with Crippen LogP contribution in [0.2, 0.25) is 0 Å². The van der Waals surface area contributed by atoms with Gasteiger partial charge in [0.05, 0.1) is 12.2 Å². The van der Waals surface area contributed by atoms with Crippen LogP contribution >= 0.6 is 0 Å². The molecule has 3 nitrogen and oxygen atoms in total. The largest absolute Gasteiger partial charge is 0.462 e. The molecule has 3 aliphatic rings. The molecule has 2 aliphatic heterocycles. The van der Waals surface area contributed by atoms with Crippen molar-refractivity contribution in [3.05, 3.63) is 24.3 Å². The first-order valence-corrected chi connectivity index (χ1v) is 8.46. The van der Waals surface area contributed by atoms with Crippen LogP contribution in [-0.2, 0) is 14.3 Å². The van der Waals surface area contributed by atoms with E-state index in [1.807, 2.05) is 0 Å². The molecule has 0 aromatic heterocycles. The molecule has 0 amide bonds. The minimum Gasteiger partial charge on any atom is -0.462 e. The molecule has 21 heavy (non-hydrogen) atoms.